The van der Waals surface area contributed by atoms with E-state index < -0.39 is 0 Å². The summed E-state index contributed by atoms with van der Waals surface area (Å²) in [6, 6.07) is 8.84. The summed E-state index contributed by atoms with van der Waals surface area (Å²) >= 11 is 9.39. The summed E-state index contributed by atoms with van der Waals surface area (Å²) < 4.78 is 6.50. The minimum Gasteiger partial charge on any atom is -0.437 e. The average molecular weight is 329 g/mol. The number of hydrogen-bond donors (Lipinski definition) is 1. The lowest BCUT2D eigenvalue weighted by atomic mass is 10.2. The molecule has 0 aliphatic heterocycles. The smallest absolute Gasteiger partial charge is 0.219 e. The zero-order chi connectivity index (χ0) is 13.1. The summed E-state index contributed by atoms with van der Waals surface area (Å²) in [7, 11) is 0. The van der Waals surface area contributed by atoms with Crippen LogP contribution in [0.2, 0.25) is 5.02 Å². The molecule has 0 unspecified atom stereocenters. The number of ether oxygens (including phenoxy) is 1. The molecule has 0 aliphatic carbocycles. The monoisotopic (exact) mass is 327 g/mol. The molecule has 5 heteroatoms. The van der Waals surface area contributed by atoms with Crippen LogP contribution in [0.1, 0.15) is 11.3 Å². The highest BCUT2D eigenvalue weighted by Gasteiger charge is 2.06. The van der Waals surface area contributed by atoms with Gasteiger partial charge in [0.1, 0.15) is 5.75 Å². The van der Waals surface area contributed by atoms with Crippen molar-refractivity contribution in [2.24, 2.45) is 0 Å². The summed E-state index contributed by atoms with van der Waals surface area (Å²) in [4.78, 5) is 4.25. The van der Waals surface area contributed by atoms with Crippen LogP contribution in [0.15, 0.2) is 34.8 Å². The Hall–Kier alpha value is -1.10. The number of aliphatic hydroxyl groups is 1. The van der Waals surface area contributed by atoms with Crippen LogP contribution in [0, 0.1) is 6.92 Å². The van der Waals surface area contributed by atoms with Crippen LogP contribution < -0.4 is 4.74 Å². The van der Waals surface area contributed by atoms with Gasteiger partial charge in [0, 0.05) is 16.2 Å². The summed E-state index contributed by atoms with van der Waals surface area (Å²) in [6.07, 6.45) is 0. The maximum atomic E-state index is 9.07. The first-order chi connectivity index (χ1) is 8.60. The van der Waals surface area contributed by atoms with Gasteiger partial charge in [0.15, 0.2) is 0 Å². The third kappa shape index (κ3) is 3.02. The molecule has 0 aliphatic rings. The lowest BCUT2D eigenvalue weighted by molar-refractivity contribution is 0.280. The molecule has 0 saturated heterocycles. The van der Waals surface area contributed by atoms with Gasteiger partial charge in [-0.15, -0.1) is 0 Å². The van der Waals surface area contributed by atoms with Gasteiger partial charge in [-0.1, -0.05) is 27.5 Å². The molecule has 2 aromatic rings. The second-order valence-electron chi connectivity index (χ2n) is 3.73. The molecule has 1 N–H and O–H groups in total. The molecule has 0 radical (unpaired) electrons. The zero-order valence-electron chi connectivity index (χ0n) is 9.65. The average Bonchev–Trinajstić information content (AvgIpc) is 2.34. The van der Waals surface area contributed by atoms with Crippen molar-refractivity contribution in [2.75, 3.05) is 0 Å². The minimum atomic E-state index is -0.0310. The number of hydrogen-bond acceptors (Lipinski definition) is 3. The Morgan fingerprint density at radius 2 is 2.11 bits per heavy atom. The fourth-order valence-corrected chi connectivity index (χ4v) is 1.96. The SMILES string of the molecule is Cc1nc(Oc2cc(Br)ccc2Cl)ccc1CO. The molecule has 0 amide bonds. The predicted octanol–water partition coefficient (Wildman–Crippen LogP) is 4.09. The molecule has 0 bridgehead atoms. The van der Waals surface area contributed by atoms with Crippen LogP contribution in [-0.4, -0.2) is 10.1 Å². The highest BCUT2D eigenvalue weighted by molar-refractivity contribution is 9.10. The van der Waals surface area contributed by atoms with Gasteiger partial charge in [-0.25, -0.2) is 4.98 Å². The van der Waals surface area contributed by atoms with Crippen molar-refractivity contribution in [3.8, 4) is 11.6 Å². The second-order valence-corrected chi connectivity index (χ2v) is 5.05. The number of pyridine rings is 1. The normalized spacial score (nSPS) is 10.4. The van der Waals surface area contributed by atoms with Crippen LogP contribution in [0.5, 0.6) is 11.6 Å². The van der Waals surface area contributed by atoms with Crippen LogP contribution in [0.25, 0.3) is 0 Å². The number of benzene rings is 1. The van der Waals surface area contributed by atoms with Crippen molar-refractivity contribution in [3.63, 3.8) is 0 Å². The summed E-state index contributed by atoms with van der Waals surface area (Å²) in [6.45, 7) is 1.79. The van der Waals surface area contributed by atoms with Crippen LogP contribution in [0.3, 0.4) is 0 Å². The molecule has 0 spiro atoms. The van der Waals surface area contributed by atoms with Crippen molar-refractivity contribution in [1.29, 1.82) is 0 Å². The molecule has 1 heterocycles. The van der Waals surface area contributed by atoms with E-state index in [1.54, 1.807) is 24.3 Å². The van der Waals surface area contributed by atoms with Crippen molar-refractivity contribution in [2.45, 2.75) is 13.5 Å². The van der Waals surface area contributed by atoms with Crippen LogP contribution in [-0.2, 0) is 6.61 Å². The van der Waals surface area contributed by atoms with E-state index in [9.17, 15) is 0 Å². The Morgan fingerprint density at radius 3 is 2.78 bits per heavy atom. The molecular weight excluding hydrogens is 318 g/mol. The summed E-state index contributed by atoms with van der Waals surface area (Å²) in [5.74, 6) is 0.986. The number of halogens is 2. The molecule has 0 fully saturated rings. The molecule has 18 heavy (non-hydrogen) atoms. The van der Waals surface area contributed by atoms with Crippen LogP contribution in [0.4, 0.5) is 0 Å². The number of aryl methyl sites for hydroxylation is 1. The van der Waals surface area contributed by atoms with Crippen LogP contribution >= 0.6 is 27.5 Å². The first-order valence-electron chi connectivity index (χ1n) is 5.30. The van der Waals surface area contributed by atoms with Gasteiger partial charge in [-0.2, -0.15) is 0 Å². The maximum absolute atomic E-state index is 9.07. The Bertz CT molecular complexity index is 575. The molecular formula is C13H11BrClNO2. The molecule has 1 aromatic heterocycles. The number of rotatable bonds is 3. The first kappa shape index (κ1) is 13.3. The highest BCUT2D eigenvalue weighted by atomic mass is 79.9. The molecule has 2 rings (SSSR count). The van der Waals surface area contributed by atoms with E-state index in [2.05, 4.69) is 20.9 Å². The van der Waals surface area contributed by atoms with Crippen molar-refractivity contribution in [1.82, 2.24) is 4.98 Å². The highest BCUT2D eigenvalue weighted by Crippen LogP contribution is 2.31. The van der Waals surface area contributed by atoms with E-state index >= 15 is 0 Å². The van der Waals surface area contributed by atoms with E-state index in [-0.39, 0.29) is 6.61 Å². The van der Waals surface area contributed by atoms with Gasteiger partial charge in [0.05, 0.1) is 11.6 Å². The maximum Gasteiger partial charge on any atom is 0.219 e. The lowest BCUT2D eigenvalue weighted by Crippen LogP contribution is -1.95. The topological polar surface area (TPSA) is 42.4 Å². The second kappa shape index (κ2) is 5.69. The standard InChI is InChI=1S/C13H11BrClNO2/c1-8-9(7-17)2-5-13(16-8)18-12-6-10(14)3-4-11(12)15/h2-6,17H,7H2,1H3. The Labute approximate surface area is 119 Å². The molecule has 3 nitrogen and oxygen atoms in total. The van der Waals surface area contributed by atoms with Gasteiger partial charge in [-0.3, -0.25) is 0 Å². The van der Waals surface area contributed by atoms with E-state index in [4.69, 9.17) is 21.4 Å². The minimum absolute atomic E-state index is 0.0310. The Balaban J connectivity index is 2.28. The van der Waals surface area contributed by atoms with E-state index in [0.717, 1.165) is 15.7 Å². The third-order valence-corrected chi connectivity index (χ3v) is 3.25. The summed E-state index contributed by atoms with van der Waals surface area (Å²) in [5, 5.41) is 9.59. The van der Waals surface area contributed by atoms with E-state index in [1.807, 2.05) is 13.0 Å². The molecule has 0 saturated carbocycles. The number of aromatic nitrogens is 1. The zero-order valence-corrected chi connectivity index (χ0v) is 12.0. The van der Waals surface area contributed by atoms with Gasteiger partial charge in [-0.05, 0) is 36.8 Å². The Morgan fingerprint density at radius 1 is 1.33 bits per heavy atom. The lowest BCUT2D eigenvalue weighted by Gasteiger charge is -2.09. The first-order valence-corrected chi connectivity index (χ1v) is 6.47. The van der Waals surface area contributed by atoms with E-state index in [1.165, 1.54) is 0 Å². The quantitative estimate of drug-likeness (QED) is 0.922. The molecule has 1 aromatic carbocycles. The Kier molecular flexibility index (Phi) is 4.22. The van der Waals surface area contributed by atoms with Crippen molar-refractivity contribution >= 4 is 27.5 Å². The van der Waals surface area contributed by atoms with Gasteiger partial charge in [0.2, 0.25) is 5.88 Å². The van der Waals surface area contributed by atoms with Gasteiger partial charge in [0.25, 0.3) is 0 Å². The number of aliphatic hydroxyl groups excluding tert-OH is 1. The molecule has 94 valence electrons. The number of nitrogens with zero attached hydrogens (tertiary/aromatic N) is 1. The van der Waals surface area contributed by atoms with Gasteiger partial charge >= 0.3 is 0 Å². The van der Waals surface area contributed by atoms with E-state index in [0.29, 0.717) is 16.7 Å². The van der Waals surface area contributed by atoms with Crippen molar-refractivity contribution < 1.29 is 9.84 Å². The fraction of sp³-hybridized carbons (Fsp3) is 0.154. The molecule has 0 atom stereocenters. The summed E-state index contributed by atoms with van der Waals surface area (Å²) in [5.41, 5.74) is 1.52. The van der Waals surface area contributed by atoms with Crippen molar-refractivity contribution in [3.05, 3.63) is 51.1 Å². The van der Waals surface area contributed by atoms with Gasteiger partial charge < -0.3 is 9.84 Å². The largest absolute Gasteiger partial charge is 0.437 e. The fourth-order valence-electron chi connectivity index (χ4n) is 1.46. The predicted molar refractivity (Wildman–Crippen MR) is 74.1 cm³/mol. The third-order valence-electron chi connectivity index (χ3n) is 2.45.